The zero-order chi connectivity index (χ0) is 31.0. The van der Waals surface area contributed by atoms with E-state index in [1.54, 1.807) is 19.1 Å². The molecular formula is C30H40F5N3O3S. The molecule has 0 spiro atoms. The van der Waals surface area contributed by atoms with E-state index in [9.17, 15) is 31.0 Å². The van der Waals surface area contributed by atoms with Gasteiger partial charge in [-0.3, -0.25) is 18.8 Å². The third-order valence-electron chi connectivity index (χ3n) is 8.03. The number of carbonyl (C=O) groups excluding carboxylic acids is 1. The van der Waals surface area contributed by atoms with Crippen molar-refractivity contribution < 1.29 is 35.8 Å². The van der Waals surface area contributed by atoms with Crippen molar-refractivity contribution in [2.75, 3.05) is 19.6 Å². The van der Waals surface area contributed by atoms with Crippen molar-refractivity contribution in [2.45, 2.75) is 94.6 Å². The van der Waals surface area contributed by atoms with E-state index in [0.29, 0.717) is 42.1 Å². The van der Waals surface area contributed by atoms with Gasteiger partial charge in [0, 0.05) is 30.6 Å². The molecule has 234 valence electrons. The zero-order valence-corrected chi connectivity index (χ0v) is 25.0. The molecule has 1 atom stereocenters. The predicted molar refractivity (Wildman–Crippen MR) is 154 cm³/mol. The third-order valence-corrected chi connectivity index (χ3v) is 10.1. The molecule has 3 rings (SSSR count). The second-order valence-electron chi connectivity index (χ2n) is 10.9. The number of hydrogen-bond donors (Lipinski definition) is 1. The van der Waals surface area contributed by atoms with E-state index in [0.717, 1.165) is 38.6 Å². The Labute approximate surface area is 246 Å². The van der Waals surface area contributed by atoms with Gasteiger partial charge < -0.3 is 4.90 Å². The maximum Gasteiger partial charge on any atom is 0.453 e. The Morgan fingerprint density at radius 1 is 1.17 bits per heavy atom. The molecule has 12 heteroatoms. The fourth-order valence-corrected chi connectivity index (χ4v) is 6.67. The van der Waals surface area contributed by atoms with Gasteiger partial charge in [-0.2, -0.15) is 22.0 Å². The van der Waals surface area contributed by atoms with Crippen LogP contribution in [-0.2, 0) is 26.9 Å². The van der Waals surface area contributed by atoms with Gasteiger partial charge in [0.15, 0.2) is 0 Å². The highest BCUT2D eigenvalue weighted by atomic mass is 32.2. The van der Waals surface area contributed by atoms with E-state index >= 15 is 0 Å². The number of piperidine rings is 1. The van der Waals surface area contributed by atoms with Gasteiger partial charge in [-0.25, -0.2) is 5.48 Å². The minimum absolute atomic E-state index is 0.0519. The van der Waals surface area contributed by atoms with Crippen LogP contribution >= 0.6 is 0 Å². The van der Waals surface area contributed by atoms with Crippen molar-refractivity contribution in [3.63, 3.8) is 0 Å². The number of halogens is 5. The first-order valence-electron chi connectivity index (χ1n) is 14.3. The molecule has 2 aliphatic rings. The molecule has 1 saturated heterocycles. The number of pyridine rings is 1. The molecule has 42 heavy (non-hydrogen) atoms. The topological polar surface area (TPSA) is 71.5 Å². The normalized spacial score (nSPS) is 20.3. The summed E-state index contributed by atoms with van der Waals surface area (Å²) in [6.07, 6.45) is 4.27. The number of nitrogens with zero attached hydrogens (tertiary/aromatic N) is 2. The number of amides is 1. The van der Waals surface area contributed by atoms with E-state index in [2.05, 4.69) is 21.9 Å². The highest BCUT2D eigenvalue weighted by Crippen LogP contribution is 2.39. The maximum absolute atomic E-state index is 14.0. The number of alkyl halides is 5. The molecule has 1 aliphatic carbocycles. The molecule has 0 aromatic carbocycles. The monoisotopic (exact) mass is 617 g/mol. The molecule has 1 saturated carbocycles. The summed E-state index contributed by atoms with van der Waals surface area (Å²) in [6.45, 7) is 9.65. The van der Waals surface area contributed by atoms with Crippen molar-refractivity contribution in [1.82, 2.24) is 15.4 Å². The Morgan fingerprint density at radius 2 is 1.83 bits per heavy atom. The van der Waals surface area contributed by atoms with Crippen LogP contribution in [0.5, 0.6) is 0 Å². The Morgan fingerprint density at radius 3 is 2.38 bits per heavy atom. The maximum atomic E-state index is 14.0. The summed E-state index contributed by atoms with van der Waals surface area (Å²) in [5.41, 5.74) is 3.99. The molecule has 1 N–H and O–H groups in total. The Balaban J connectivity index is 1.74. The van der Waals surface area contributed by atoms with Crippen LogP contribution in [0.3, 0.4) is 0 Å². The largest absolute Gasteiger partial charge is 0.453 e. The molecule has 0 bridgehead atoms. The van der Waals surface area contributed by atoms with Crippen molar-refractivity contribution >= 4 is 22.3 Å². The van der Waals surface area contributed by atoms with E-state index in [1.165, 1.54) is 24.4 Å². The number of likely N-dealkylation sites (tertiary alicyclic amines) is 1. The number of nitrogens with one attached hydrogen (secondary N) is 1. The standard InChI is InChI=1S/C30H40F5N3O3S/c1-4-25(13-11-22(3)26-14-12-23(21-36-26)15-16-29(31,32)30(33,34)35)42(40)28(17-19-38(5-2)20-18-28)27(39)37-41-24-9-7-6-8-10-24/h4,11-14,21,24H,1,5-10,15-20H2,2-3H3,(H,37,39)/b22-11+,25-13+. The number of hydrogen-bond acceptors (Lipinski definition) is 5. The average molecular weight is 618 g/mol. The van der Waals surface area contributed by atoms with Crippen LogP contribution < -0.4 is 5.48 Å². The van der Waals surface area contributed by atoms with E-state index in [4.69, 9.17) is 4.84 Å². The lowest BCUT2D eigenvalue weighted by Crippen LogP contribution is -2.56. The van der Waals surface area contributed by atoms with Crippen LogP contribution in [0.15, 0.2) is 48.0 Å². The van der Waals surface area contributed by atoms with Crippen molar-refractivity contribution in [1.29, 1.82) is 0 Å². The fraction of sp³-hybridized carbons (Fsp3) is 0.600. The number of rotatable bonds is 12. The number of hydroxylamine groups is 1. The molecule has 0 radical (unpaired) electrons. The Kier molecular flexibility index (Phi) is 12.0. The van der Waals surface area contributed by atoms with Crippen molar-refractivity contribution in [3.05, 3.63) is 59.3 Å². The van der Waals surface area contributed by atoms with Gasteiger partial charge in [0.25, 0.3) is 5.91 Å². The van der Waals surface area contributed by atoms with E-state index in [1.807, 2.05) is 6.92 Å². The highest BCUT2D eigenvalue weighted by Gasteiger charge is 2.56. The second kappa shape index (κ2) is 14.8. The van der Waals surface area contributed by atoms with E-state index < -0.39 is 46.4 Å². The molecule has 1 unspecified atom stereocenters. The minimum atomic E-state index is -5.59. The zero-order valence-electron chi connectivity index (χ0n) is 24.2. The molecule has 2 fully saturated rings. The van der Waals surface area contributed by atoms with Crippen LogP contribution in [0.4, 0.5) is 22.0 Å². The van der Waals surface area contributed by atoms with Crippen molar-refractivity contribution in [2.24, 2.45) is 0 Å². The lowest BCUT2D eigenvalue weighted by atomic mass is 9.95. The number of aromatic nitrogens is 1. The van der Waals surface area contributed by atoms with Crippen LogP contribution in [-0.4, -0.2) is 62.6 Å². The first-order valence-corrected chi connectivity index (χ1v) is 15.5. The fourth-order valence-electron chi connectivity index (χ4n) is 5.11. The van der Waals surface area contributed by atoms with Crippen LogP contribution in [0, 0.1) is 0 Å². The summed E-state index contributed by atoms with van der Waals surface area (Å²) >= 11 is 0. The summed E-state index contributed by atoms with van der Waals surface area (Å²) in [7, 11) is -1.76. The van der Waals surface area contributed by atoms with Gasteiger partial charge in [0.1, 0.15) is 4.75 Å². The van der Waals surface area contributed by atoms with Gasteiger partial charge in [-0.05, 0) is 68.9 Å². The molecule has 2 heterocycles. The first-order chi connectivity index (χ1) is 19.8. The molecule has 1 aromatic heterocycles. The van der Waals surface area contributed by atoms with Gasteiger partial charge >= 0.3 is 12.1 Å². The SMILES string of the molecule is C=C/C(=C\C=C(/C)c1ccc(CCC(F)(F)C(F)(F)F)cn1)S(=O)C1(C(=O)NOC2CCCCC2)CCN(CC)CC1. The smallest absolute Gasteiger partial charge is 0.303 e. The summed E-state index contributed by atoms with van der Waals surface area (Å²) < 4.78 is 76.6. The van der Waals surface area contributed by atoms with Gasteiger partial charge in [-0.15, -0.1) is 0 Å². The summed E-state index contributed by atoms with van der Waals surface area (Å²) in [5, 5.41) is 0. The second-order valence-corrected chi connectivity index (χ2v) is 12.7. The van der Waals surface area contributed by atoms with Gasteiger partial charge in [0.2, 0.25) is 0 Å². The lowest BCUT2D eigenvalue weighted by molar-refractivity contribution is -0.284. The summed E-state index contributed by atoms with van der Waals surface area (Å²) in [6, 6.07) is 2.98. The lowest BCUT2D eigenvalue weighted by Gasteiger charge is -2.39. The van der Waals surface area contributed by atoms with Crippen molar-refractivity contribution in [3.8, 4) is 0 Å². The van der Waals surface area contributed by atoms with Gasteiger partial charge in [-0.1, -0.05) is 51.0 Å². The van der Waals surface area contributed by atoms with Crippen LogP contribution in [0.25, 0.3) is 5.57 Å². The summed E-state index contributed by atoms with van der Waals surface area (Å²) in [4.78, 5) is 26.0. The number of carbonyl (C=O) groups is 1. The molecular weight excluding hydrogens is 577 g/mol. The predicted octanol–water partition coefficient (Wildman–Crippen LogP) is 6.67. The minimum Gasteiger partial charge on any atom is -0.303 e. The Hall–Kier alpha value is -2.44. The Bertz CT molecular complexity index is 1150. The van der Waals surface area contributed by atoms with E-state index in [-0.39, 0.29) is 11.7 Å². The average Bonchev–Trinajstić information content (AvgIpc) is 2.99. The van der Waals surface area contributed by atoms with Crippen LogP contribution in [0.2, 0.25) is 0 Å². The molecule has 1 aromatic rings. The van der Waals surface area contributed by atoms with Gasteiger partial charge in [0.05, 0.1) is 22.6 Å². The summed E-state index contributed by atoms with van der Waals surface area (Å²) in [5.74, 6) is -5.17. The van der Waals surface area contributed by atoms with Crippen LogP contribution in [0.1, 0.15) is 76.5 Å². The highest BCUT2D eigenvalue weighted by molar-refractivity contribution is 7.91. The molecule has 1 amide bonds. The first kappa shape index (κ1) is 34.1. The quantitative estimate of drug-likeness (QED) is 0.161. The molecule has 6 nitrogen and oxygen atoms in total. The number of allylic oxidation sites excluding steroid dienone is 4. The third kappa shape index (κ3) is 8.57. The molecule has 1 aliphatic heterocycles. The number of aryl methyl sites for hydroxylation is 1.